The highest BCUT2D eigenvalue weighted by atomic mass is 16.7. The zero-order valence-electron chi connectivity index (χ0n) is 15.2. The summed E-state index contributed by atoms with van der Waals surface area (Å²) in [5.41, 5.74) is 0.624. The number of aryl methyl sites for hydroxylation is 1. The van der Waals surface area contributed by atoms with Crippen molar-refractivity contribution in [2.45, 2.75) is 0 Å². The van der Waals surface area contributed by atoms with Crippen LogP contribution in [0.25, 0.3) is 32.4 Å². The molecule has 0 saturated carbocycles. The summed E-state index contributed by atoms with van der Waals surface area (Å²) in [7, 11) is 3.34. The predicted octanol–water partition coefficient (Wildman–Crippen LogP) is 3.31. The molecule has 0 N–H and O–H groups in total. The quantitative estimate of drug-likeness (QED) is 0.474. The van der Waals surface area contributed by atoms with Gasteiger partial charge in [-0.25, -0.2) is 0 Å². The van der Waals surface area contributed by atoms with E-state index in [1.54, 1.807) is 24.8 Å². The lowest BCUT2D eigenvalue weighted by atomic mass is 9.99. The molecule has 28 heavy (non-hydrogen) atoms. The minimum atomic E-state index is -0.173. The zero-order chi connectivity index (χ0) is 19.0. The fraction of sp³-hybridized carbons (Fsp3) is 0.190. The molecule has 6 rings (SSSR count). The molecular weight excluding hydrogens is 362 g/mol. The van der Waals surface area contributed by atoms with Crippen LogP contribution in [0.1, 0.15) is 0 Å². The predicted molar refractivity (Wildman–Crippen MR) is 103 cm³/mol. The van der Waals surface area contributed by atoms with E-state index >= 15 is 0 Å². The zero-order valence-corrected chi connectivity index (χ0v) is 15.2. The number of benzene rings is 3. The second-order valence-electron chi connectivity index (χ2n) is 6.82. The first-order valence-corrected chi connectivity index (χ1v) is 8.82. The molecule has 0 saturated heterocycles. The van der Waals surface area contributed by atoms with Crippen molar-refractivity contribution in [1.82, 2.24) is 4.57 Å². The number of fused-ring (bicyclic) bond motifs is 8. The molecule has 0 unspecified atom stereocenters. The Hall–Kier alpha value is -3.61. The molecule has 0 atom stereocenters. The van der Waals surface area contributed by atoms with Gasteiger partial charge in [-0.2, -0.15) is 0 Å². The summed E-state index contributed by atoms with van der Waals surface area (Å²) in [6.07, 6.45) is 0. The first kappa shape index (κ1) is 15.4. The van der Waals surface area contributed by atoms with Crippen LogP contribution in [0.3, 0.4) is 0 Å². The van der Waals surface area contributed by atoms with Crippen molar-refractivity contribution in [3.05, 3.63) is 40.7 Å². The van der Waals surface area contributed by atoms with E-state index in [0.29, 0.717) is 39.5 Å². The SMILES string of the molecule is COc1cc2c(c3c(=O)n(C)c4c5cc6c(cc5ccc4c13)OCO6)OCO2. The average molecular weight is 377 g/mol. The van der Waals surface area contributed by atoms with Crippen molar-refractivity contribution in [3.63, 3.8) is 0 Å². The molecule has 2 aliphatic rings. The largest absolute Gasteiger partial charge is 0.496 e. The highest BCUT2D eigenvalue weighted by Gasteiger charge is 2.26. The maximum Gasteiger partial charge on any atom is 0.262 e. The van der Waals surface area contributed by atoms with Gasteiger partial charge in [-0.1, -0.05) is 12.1 Å². The minimum Gasteiger partial charge on any atom is -0.496 e. The van der Waals surface area contributed by atoms with Crippen molar-refractivity contribution in [1.29, 1.82) is 0 Å². The van der Waals surface area contributed by atoms with Gasteiger partial charge >= 0.3 is 0 Å². The topological polar surface area (TPSA) is 68.2 Å². The Morgan fingerprint density at radius 3 is 2.46 bits per heavy atom. The molecule has 0 spiro atoms. The fourth-order valence-electron chi connectivity index (χ4n) is 4.18. The number of ether oxygens (including phenoxy) is 5. The third-order valence-electron chi connectivity index (χ3n) is 5.45. The summed E-state index contributed by atoms with van der Waals surface area (Å²) in [6, 6.07) is 9.63. The second kappa shape index (κ2) is 5.22. The van der Waals surface area contributed by atoms with Gasteiger partial charge in [-0.15, -0.1) is 0 Å². The van der Waals surface area contributed by atoms with Crippen LogP contribution in [-0.2, 0) is 7.05 Å². The summed E-state index contributed by atoms with van der Waals surface area (Å²) >= 11 is 0. The third kappa shape index (κ3) is 1.80. The smallest absolute Gasteiger partial charge is 0.262 e. The number of rotatable bonds is 1. The van der Waals surface area contributed by atoms with Crippen LogP contribution in [0.5, 0.6) is 28.7 Å². The average Bonchev–Trinajstić information content (AvgIpc) is 3.36. The maximum atomic E-state index is 13.4. The molecule has 1 aromatic heterocycles. The van der Waals surface area contributed by atoms with Gasteiger partial charge in [0, 0.05) is 29.3 Å². The number of hydrogen-bond acceptors (Lipinski definition) is 6. The van der Waals surface area contributed by atoms with E-state index in [9.17, 15) is 4.79 Å². The molecule has 0 fully saturated rings. The first-order valence-electron chi connectivity index (χ1n) is 8.82. The Morgan fingerprint density at radius 1 is 0.893 bits per heavy atom. The molecule has 7 nitrogen and oxygen atoms in total. The monoisotopic (exact) mass is 377 g/mol. The standard InChI is InChI=1S/C21H15NO6/c1-22-19-11(4-3-10-5-13-14(6-12(10)19)26-8-25-13)17-15(24-2)7-16-20(28-9-27-16)18(17)21(22)23/h3-7H,8-9H2,1-2H3. The van der Waals surface area contributed by atoms with Crippen LogP contribution < -0.4 is 29.2 Å². The number of nitrogens with zero attached hydrogens (tertiary/aromatic N) is 1. The van der Waals surface area contributed by atoms with Gasteiger partial charge in [0.1, 0.15) is 5.75 Å². The number of aromatic nitrogens is 1. The van der Waals surface area contributed by atoms with Crippen molar-refractivity contribution >= 4 is 32.4 Å². The molecule has 140 valence electrons. The summed E-state index contributed by atoms with van der Waals surface area (Å²) in [5, 5.41) is 3.93. The molecule has 0 amide bonds. The van der Waals surface area contributed by atoms with Crippen LogP contribution in [-0.4, -0.2) is 25.3 Å². The van der Waals surface area contributed by atoms with Gasteiger partial charge in [0.2, 0.25) is 13.6 Å². The molecular formula is C21H15NO6. The highest BCUT2D eigenvalue weighted by molar-refractivity contribution is 6.19. The van der Waals surface area contributed by atoms with Crippen molar-refractivity contribution in [2.24, 2.45) is 7.05 Å². The second-order valence-corrected chi connectivity index (χ2v) is 6.82. The normalized spacial score (nSPS) is 14.4. The molecule has 0 bridgehead atoms. The molecule has 0 radical (unpaired) electrons. The Morgan fingerprint density at radius 2 is 1.64 bits per heavy atom. The Balaban J connectivity index is 1.87. The summed E-state index contributed by atoms with van der Waals surface area (Å²) in [4.78, 5) is 13.4. The Kier molecular flexibility index (Phi) is 2.88. The van der Waals surface area contributed by atoms with E-state index in [-0.39, 0.29) is 19.1 Å². The van der Waals surface area contributed by atoms with Crippen molar-refractivity contribution in [3.8, 4) is 28.7 Å². The number of methoxy groups -OCH3 is 1. The molecule has 0 aliphatic carbocycles. The highest BCUT2D eigenvalue weighted by Crippen LogP contribution is 2.46. The van der Waals surface area contributed by atoms with Gasteiger partial charge < -0.3 is 28.3 Å². The molecule has 2 aliphatic heterocycles. The van der Waals surface area contributed by atoms with Gasteiger partial charge in [-0.05, 0) is 17.5 Å². The van der Waals surface area contributed by atoms with Crippen LogP contribution in [0.2, 0.25) is 0 Å². The van der Waals surface area contributed by atoms with E-state index in [2.05, 4.69) is 0 Å². The number of pyridine rings is 1. The molecule has 3 aromatic carbocycles. The Labute approximate surface area is 158 Å². The Bertz CT molecular complexity index is 1390. The van der Waals surface area contributed by atoms with E-state index in [1.807, 2.05) is 24.3 Å². The van der Waals surface area contributed by atoms with Gasteiger partial charge in [0.25, 0.3) is 5.56 Å². The maximum absolute atomic E-state index is 13.4. The van der Waals surface area contributed by atoms with Crippen LogP contribution in [0.15, 0.2) is 35.1 Å². The van der Waals surface area contributed by atoms with Crippen molar-refractivity contribution in [2.75, 3.05) is 20.7 Å². The van der Waals surface area contributed by atoms with Gasteiger partial charge in [0.05, 0.1) is 18.0 Å². The van der Waals surface area contributed by atoms with E-state index in [0.717, 1.165) is 21.7 Å². The first-order chi connectivity index (χ1) is 13.7. The third-order valence-corrected chi connectivity index (χ3v) is 5.45. The van der Waals surface area contributed by atoms with Gasteiger partial charge in [-0.3, -0.25) is 4.79 Å². The van der Waals surface area contributed by atoms with Crippen LogP contribution in [0.4, 0.5) is 0 Å². The van der Waals surface area contributed by atoms with E-state index in [4.69, 9.17) is 23.7 Å². The summed E-state index contributed by atoms with van der Waals surface area (Å²) in [6.45, 7) is 0.280. The van der Waals surface area contributed by atoms with E-state index < -0.39 is 0 Å². The molecule has 3 heterocycles. The lowest BCUT2D eigenvalue weighted by molar-refractivity contribution is 0.174. The summed E-state index contributed by atoms with van der Waals surface area (Å²) < 4.78 is 29.4. The fourth-order valence-corrected chi connectivity index (χ4v) is 4.18. The lowest BCUT2D eigenvalue weighted by Crippen LogP contribution is -2.18. The van der Waals surface area contributed by atoms with Crippen LogP contribution in [0, 0.1) is 0 Å². The molecule has 7 heteroatoms. The molecule has 4 aromatic rings. The van der Waals surface area contributed by atoms with E-state index in [1.165, 1.54) is 0 Å². The summed E-state index contributed by atoms with van der Waals surface area (Å²) in [5.74, 6) is 2.93. The lowest BCUT2D eigenvalue weighted by Gasteiger charge is -2.15. The minimum absolute atomic E-state index is 0.0833. The number of hydrogen-bond donors (Lipinski definition) is 0. The van der Waals surface area contributed by atoms with Gasteiger partial charge in [0.15, 0.2) is 23.0 Å². The van der Waals surface area contributed by atoms with Crippen molar-refractivity contribution < 1.29 is 23.7 Å². The van der Waals surface area contributed by atoms with Crippen LogP contribution >= 0.6 is 0 Å².